The molecule has 1 aliphatic heterocycles. The molecule has 5 rings (SSSR count). The zero-order chi connectivity index (χ0) is 23.5. The molecular formula is C25H22BrClN2O4. The molecule has 2 heterocycles. The second-order valence-corrected chi connectivity index (χ2v) is 10.0. The number of ether oxygens (including phenoxy) is 1. The van der Waals surface area contributed by atoms with Crippen molar-refractivity contribution in [3.05, 3.63) is 93.2 Å². The van der Waals surface area contributed by atoms with E-state index in [0.717, 1.165) is 10.0 Å². The summed E-state index contributed by atoms with van der Waals surface area (Å²) in [5.41, 5.74) is -1.76. The number of carbonyl (C=O) groups excluding carboxylic acids is 1. The largest absolute Gasteiger partial charge is 0.478 e. The molecule has 0 saturated heterocycles. The maximum atomic E-state index is 13.5. The van der Waals surface area contributed by atoms with Gasteiger partial charge in [0, 0.05) is 36.7 Å². The first-order valence-electron chi connectivity index (χ1n) is 10.5. The summed E-state index contributed by atoms with van der Waals surface area (Å²) in [5.74, 6) is -1.65. The molecule has 5 atom stereocenters. The van der Waals surface area contributed by atoms with E-state index in [1.54, 1.807) is 14.1 Å². The number of benzene rings is 2. The molecule has 0 spiro atoms. The van der Waals surface area contributed by atoms with Crippen LogP contribution < -0.4 is 4.74 Å². The topological polar surface area (TPSA) is 82.9 Å². The van der Waals surface area contributed by atoms with Crippen LogP contribution in [0.3, 0.4) is 0 Å². The van der Waals surface area contributed by atoms with E-state index in [-0.39, 0.29) is 11.1 Å². The Morgan fingerprint density at radius 2 is 1.82 bits per heavy atom. The number of fused-ring (bicyclic) bond motifs is 3. The highest BCUT2D eigenvalue weighted by molar-refractivity contribution is 9.10. The lowest BCUT2D eigenvalue weighted by Crippen LogP contribution is -2.52. The van der Waals surface area contributed by atoms with E-state index in [1.165, 1.54) is 17.2 Å². The van der Waals surface area contributed by atoms with E-state index in [4.69, 9.17) is 16.3 Å². The van der Waals surface area contributed by atoms with Crippen LogP contribution in [0.25, 0.3) is 0 Å². The molecule has 0 unspecified atom stereocenters. The zero-order valence-corrected chi connectivity index (χ0v) is 20.3. The first-order valence-corrected chi connectivity index (χ1v) is 11.7. The molecule has 8 heteroatoms. The fourth-order valence-electron chi connectivity index (χ4n) is 5.44. The lowest BCUT2D eigenvalue weighted by molar-refractivity contribution is -0.156. The van der Waals surface area contributed by atoms with Crippen molar-refractivity contribution in [2.45, 2.75) is 23.2 Å². The number of halogens is 2. The molecule has 1 amide bonds. The van der Waals surface area contributed by atoms with Crippen LogP contribution >= 0.6 is 27.5 Å². The summed E-state index contributed by atoms with van der Waals surface area (Å²) in [5, 5.41) is 24.3. The van der Waals surface area contributed by atoms with Crippen LogP contribution in [0.15, 0.2) is 71.3 Å². The van der Waals surface area contributed by atoms with Crippen LogP contribution in [0.5, 0.6) is 5.75 Å². The minimum atomic E-state index is -1.95. The van der Waals surface area contributed by atoms with Crippen LogP contribution in [0, 0.1) is 5.92 Å². The number of pyridine rings is 1. The summed E-state index contributed by atoms with van der Waals surface area (Å²) in [4.78, 5) is 19.0. The van der Waals surface area contributed by atoms with E-state index >= 15 is 0 Å². The fourth-order valence-corrected chi connectivity index (χ4v) is 5.86. The van der Waals surface area contributed by atoms with Crippen LogP contribution in [-0.4, -0.2) is 46.2 Å². The van der Waals surface area contributed by atoms with Gasteiger partial charge in [0.2, 0.25) is 5.91 Å². The molecule has 1 fully saturated rings. The van der Waals surface area contributed by atoms with E-state index in [9.17, 15) is 15.0 Å². The van der Waals surface area contributed by atoms with Crippen molar-refractivity contribution in [1.29, 1.82) is 0 Å². The van der Waals surface area contributed by atoms with E-state index in [2.05, 4.69) is 20.9 Å². The quantitative estimate of drug-likeness (QED) is 0.504. The predicted molar refractivity (Wildman–Crippen MR) is 127 cm³/mol. The maximum absolute atomic E-state index is 13.5. The second-order valence-electron chi connectivity index (χ2n) is 8.71. The first-order chi connectivity index (χ1) is 15.7. The molecular weight excluding hydrogens is 508 g/mol. The second kappa shape index (κ2) is 7.81. The van der Waals surface area contributed by atoms with E-state index < -0.39 is 29.1 Å². The first kappa shape index (κ1) is 22.3. The number of carbonyl (C=O) groups is 1. The molecule has 33 heavy (non-hydrogen) atoms. The number of aliphatic hydroxyl groups is 2. The van der Waals surface area contributed by atoms with Crippen LogP contribution in [0.4, 0.5) is 0 Å². The van der Waals surface area contributed by atoms with Gasteiger partial charge in [-0.2, -0.15) is 0 Å². The van der Waals surface area contributed by atoms with Crippen LogP contribution in [0.1, 0.15) is 22.6 Å². The van der Waals surface area contributed by atoms with Crippen molar-refractivity contribution in [2.24, 2.45) is 5.92 Å². The van der Waals surface area contributed by atoms with Gasteiger partial charge in [0.1, 0.15) is 17.0 Å². The van der Waals surface area contributed by atoms with Crippen molar-refractivity contribution in [2.75, 3.05) is 14.1 Å². The Bertz CT molecular complexity index is 1220. The summed E-state index contributed by atoms with van der Waals surface area (Å²) < 4.78 is 7.45. The molecule has 1 aromatic heterocycles. The minimum absolute atomic E-state index is 0.204. The van der Waals surface area contributed by atoms with Crippen LogP contribution in [0.2, 0.25) is 5.15 Å². The zero-order valence-electron chi connectivity index (χ0n) is 17.9. The van der Waals surface area contributed by atoms with Gasteiger partial charge in [0.25, 0.3) is 0 Å². The smallest absolute Gasteiger partial charge is 0.228 e. The summed E-state index contributed by atoms with van der Waals surface area (Å²) in [6, 6.07) is 18.3. The third kappa shape index (κ3) is 2.99. The van der Waals surface area contributed by atoms with Gasteiger partial charge in [0.05, 0.1) is 11.5 Å². The van der Waals surface area contributed by atoms with Crippen molar-refractivity contribution in [3.63, 3.8) is 0 Å². The van der Waals surface area contributed by atoms with Gasteiger partial charge < -0.3 is 19.8 Å². The summed E-state index contributed by atoms with van der Waals surface area (Å²) in [7, 11) is 3.27. The molecule has 6 nitrogen and oxygen atoms in total. The number of aromatic nitrogens is 1. The molecule has 2 aromatic carbocycles. The fraction of sp³-hybridized carbons (Fsp3) is 0.280. The monoisotopic (exact) mass is 528 g/mol. The summed E-state index contributed by atoms with van der Waals surface area (Å²) in [6.45, 7) is 0. The number of nitrogens with zero attached hydrogens (tertiary/aromatic N) is 2. The highest BCUT2D eigenvalue weighted by Crippen LogP contribution is 2.68. The molecule has 1 aliphatic carbocycles. The van der Waals surface area contributed by atoms with Gasteiger partial charge in [-0.1, -0.05) is 70.0 Å². The summed E-state index contributed by atoms with van der Waals surface area (Å²) >= 11 is 9.61. The lowest BCUT2D eigenvalue weighted by Gasteiger charge is -2.40. The Morgan fingerprint density at radius 1 is 1.15 bits per heavy atom. The van der Waals surface area contributed by atoms with Gasteiger partial charge in [-0.25, -0.2) is 4.98 Å². The number of amides is 1. The SMILES string of the molecule is CN(C)C(=O)[C@H]1[C@@H](O)[C@@]2(O)c3cnc(Cl)cc3O[C@@]2(c2ccc(Br)cc2)[C@@H]1c1ccccc1. The normalized spacial score (nSPS) is 29.8. The van der Waals surface area contributed by atoms with Crippen molar-refractivity contribution >= 4 is 33.4 Å². The lowest BCUT2D eigenvalue weighted by atomic mass is 9.71. The maximum Gasteiger partial charge on any atom is 0.228 e. The molecule has 1 saturated carbocycles. The predicted octanol–water partition coefficient (Wildman–Crippen LogP) is 3.84. The molecule has 0 bridgehead atoms. The Labute approximate surface area is 204 Å². The van der Waals surface area contributed by atoms with E-state index in [0.29, 0.717) is 16.9 Å². The highest BCUT2D eigenvalue weighted by Gasteiger charge is 2.77. The number of rotatable bonds is 3. The average molecular weight is 530 g/mol. The molecule has 2 aliphatic rings. The standard InChI is InChI=1S/C25H22BrClN2O4/c1-29(2)23(31)20-21(14-6-4-3-5-7-14)25(15-8-10-16(26)11-9-15)24(32,22(20)30)17-13-28-19(27)12-18(17)33-25/h3-13,20-22,30,32H,1-2H3/t20-,21-,22-,24+,25+/m1/s1. The Hall–Kier alpha value is -2.45. The highest BCUT2D eigenvalue weighted by atomic mass is 79.9. The Kier molecular flexibility index (Phi) is 5.29. The van der Waals surface area contributed by atoms with Gasteiger partial charge >= 0.3 is 0 Å². The molecule has 0 radical (unpaired) electrons. The van der Waals surface area contributed by atoms with Gasteiger partial charge in [0.15, 0.2) is 11.2 Å². The number of aliphatic hydroxyl groups excluding tert-OH is 1. The van der Waals surface area contributed by atoms with E-state index in [1.807, 2.05) is 54.6 Å². The van der Waals surface area contributed by atoms with Crippen molar-refractivity contribution < 1.29 is 19.7 Å². The van der Waals surface area contributed by atoms with Gasteiger partial charge in [-0.3, -0.25) is 4.79 Å². The van der Waals surface area contributed by atoms with Gasteiger partial charge in [-0.05, 0) is 23.3 Å². The Morgan fingerprint density at radius 3 is 2.45 bits per heavy atom. The number of hydrogen-bond donors (Lipinski definition) is 2. The molecule has 2 N–H and O–H groups in total. The molecule has 170 valence electrons. The van der Waals surface area contributed by atoms with Crippen molar-refractivity contribution in [3.8, 4) is 5.75 Å². The van der Waals surface area contributed by atoms with Crippen LogP contribution in [-0.2, 0) is 16.0 Å². The third-order valence-electron chi connectivity index (χ3n) is 6.80. The van der Waals surface area contributed by atoms with Crippen molar-refractivity contribution in [1.82, 2.24) is 9.88 Å². The third-order valence-corrected chi connectivity index (χ3v) is 7.54. The van der Waals surface area contributed by atoms with Gasteiger partial charge in [-0.15, -0.1) is 0 Å². The number of hydrogen-bond acceptors (Lipinski definition) is 5. The Balaban J connectivity index is 1.87. The average Bonchev–Trinajstić information content (AvgIpc) is 3.17. The minimum Gasteiger partial charge on any atom is -0.478 e. The summed E-state index contributed by atoms with van der Waals surface area (Å²) in [6.07, 6.45) is -0.0445. The molecule has 3 aromatic rings.